The number of unbranched alkanes of at least 4 members (excludes halogenated alkanes) is 1. The summed E-state index contributed by atoms with van der Waals surface area (Å²) in [4.78, 5) is 11.5. The molecule has 0 radical (unpaired) electrons. The van der Waals surface area contributed by atoms with Gasteiger partial charge in [0, 0.05) is 18.5 Å². The summed E-state index contributed by atoms with van der Waals surface area (Å²) in [5.41, 5.74) is 5.27. The molecule has 1 aromatic rings. The second-order valence-corrected chi connectivity index (χ2v) is 4.06. The molecule has 0 aromatic heterocycles. The molecule has 1 rings (SSSR count). The second-order valence-electron chi connectivity index (χ2n) is 4.06. The Bertz CT molecular complexity index is 446. The molecule has 3 nitrogen and oxygen atoms in total. The summed E-state index contributed by atoms with van der Waals surface area (Å²) in [6.45, 7) is 0.112. The van der Waals surface area contributed by atoms with Crippen LogP contribution >= 0.6 is 0 Å². The molecule has 0 bridgehead atoms. The van der Waals surface area contributed by atoms with Gasteiger partial charge in [0.15, 0.2) is 0 Å². The summed E-state index contributed by atoms with van der Waals surface area (Å²) in [7, 11) is 0. The molecule has 0 atom stereocenters. The van der Waals surface area contributed by atoms with Crippen molar-refractivity contribution < 1.29 is 22.4 Å². The van der Waals surface area contributed by atoms with E-state index in [0.717, 1.165) is 6.07 Å². The fourth-order valence-electron chi connectivity index (χ4n) is 1.42. The van der Waals surface area contributed by atoms with E-state index in [0.29, 0.717) is 0 Å². The number of carbonyl (C=O) groups is 1. The molecular formula is C12H14F4N2O. The first kappa shape index (κ1) is 15.3. The summed E-state index contributed by atoms with van der Waals surface area (Å²) < 4.78 is 48.6. The molecule has 0 aliphatic rings. The van der Waals surface area contributed by atoms with Crippen molar-refractivity contribution in [3.05, 3.63) is 29.6 Å². The topological polar surface area (TPSA) is 55.1 Å². The molecule has 0 spiro atoms. The highest BCUT2D eigenvalue weighted by Gasteiger charge is 2.25. The number of nitrogens with one attached hydrogen (secondary N) is 1. The van der Waals surface area contributed by atoms with Crippen molar-refractivity contribution in [2.24, 2.45) is 0 Å². The van der Waals surface area contributed by atoms with Crippen LogP contribution in [-0.2, 0) is 0 Å². The molecule has 1 amide bonds. The van der Waals surface area contributed by atoms with Crippen LogP contribution < -0.4 is 11.1 Å². The number of alkyl halides is 3. The molecule has 3 N–H and O–H groups in total. The van der Waals surface area contributed by atoms with Gasteiger partial charge in [-0.25, -0.2) is 4.39 Å². The van der Waals surface area contributed by atoms with Gasteiger partial charge in [0.2, 0.25) is 0 Å². The van der Waals surface area contributed by atoms with E-state index in [9.17, 15) is 22.4 Å². The Morgan fingerprint density at radius 3 is 2.53 bits per heavy atom. The maximum Gasteiger partial charge on any atom is 0.389 e. The molecular weight excluding hydrogens is 264 g/mol. The summed E-state index contributed by atoms with van der Waals surface area (Å²) in [6, 6.07) is 3.59. The van der Waals surface area contributed by atoms with Crippen molar-refractivity contribution in [3.63, 3.8) is 0 Å². The van der Waals surface area contributed by atoms with Crippen molar-refractivity contribution in [3.8, 4) is 0 Å². The van der Waals surface area contributed by atoms with Crippen LogP contribution in [0, 0.1) is 5.82 Å². The van der Waals surface area contributed by atoms with Gasteiger partial charge in [-0.15, -0.1) is 0 Å². The average molecular weight is 278 g/mol. The third kappa shape index (κ3) is 5.58. The van der Waals surface area contributed by atoms with Crippen LogP contribution in [0.3, 0.4) is 0 Å². The van der Waals surface area contributed by atoms with Crippen molar-refractivity contribution in [1.29, 1.82) is 0 Å². The van der Waals surface area contributed by atoms with Crippen LogP contribution in [0.4, 0.5) is 23.2 Å². The van der Waals surface area contributed by atoms with Gasteiger partial charge < -0.3 is 11.1 Å². The second kappa shape index (κ2) is 6.40. The monoisotopic (exact) mass is 278 g/mol. The fraction of sp³-hybridized carbons (Fsp3) is 0.417. The minimum atomic E-state index is -4.18. The number of halogens is 4. The summed E-state index contributed by atoms with van der Waals surface area (Å²) >= 11 is 0. The first-order chi connectivity index (χ1) is 8.79. The summed E-state index contributed by atoms with van der Waals surface area (Å²) in [5.74, 6) is -1.24. The maximum atomic E-state index is 13.1. The zero-order chi connectivity index (χ0) is 14.5. The number of carbonyl (C=O) groups excluding carboxylic acids is 1. The van der Waals surface area contributed by atoms with Crippen LogP contribution in [-0.4, -0.2) is 18.6 Å². The van der Waals surface area contributed by atoms with E-state index >= 15 is 0 Å². The zero-order valence-electron chi connectivity index (χ0n) is 10.1. The average Bonchev–Trinajstić information content (AvgIpc) is 2.30. The molecule has 0 aliphatic heterocycles. The Morgan fingerprint density at radius 1 is 1.26 bits per heavy atom. The molecule has 7 heteroatoms. The molecule has 0 saturated heterocycles. The SMILES string of the molecule is Nc1ccc(C(=O)NCCCCC(F)(F)F)cc1F. The Morgan fingerprint density at radius 2 is 1.95 bits per heavy atom. The molecule has 0 heterocycles. The number of benzene rings is 1. The first-order valence-corrected chi connectivity index (χ1v) is 5.69. The van der Waals surface area contributed by atoms with E-state index < -0.39 is 24.3 Å². The van der Waals surface area contributed by atoms with Crippen molar-refractivity contribution in [2.45, 2.75) is 25.4 Å². The van der Waals surface area contributed by atoms with Crippen LogP contribution in [0.25, 0.3) is 0 Å². The van der Waals surface area contributed by atoms with Crippen LogP contribution in [0.15, 0.2) is 18.2 Å². The highest BCUT2D eigenvalue weighted by molar-refractivity contribution is 5.94. The number of rotatable bonds is 5. The summed E-state index contributed by atoms with van der Waals surface area (Å²) in [5, 5.41) is 2.42. The molecule has 0 aliphatic carbocycles. The Hall–Kier alpha value is -1.79. The Kier molecular flexibility index (Phi) is 5.14. The van der Waals surface area contributed by atoms with Gasteiger partial charge in [-0.3, -0.25) is 4.79 Å². The predicted octanol–water partition coefficient (Wildman–Crippen LogP) is 2.87. The largest absolute Gasteiger partial charge is 0.396 e. The standard InChI is InChI=1S/C12H14F4N2O/c13-9-7-8(3-4-10(9)17)11(19)18-6-2-1-5-12(14,15)16/h3-4,7H,1-2,5-6,17H2,(H,18,19). The van der Waals surface area contributed by atoms with E-state index in [1.807, 2.05) is 0 Å². The maximum absolute atomic E-state index is 13.1. The van der Waals surface area contributed by atoms with Crippen LogP contribution in [0.5, 0.6) is 0 Å². The van der Waals surface area contributed by atoms with Gasteiger partial charge in [0.1, 0.15) is 5.82 Å². The lowest BCUT2D eigenvalue weighted by Gasteiger charge is -2.07. The number of nitrogen functional groups attached to an aromatic ring is 1. The quantitative estimate of drug-likeness (QED) is 0.494. The predicted molar refractivity (Wildman–Crippen MR) is 63.1 cm³/mol. The van der Waals surface area contributed by atoms with Gasteiger partial charge in [-0.2, -0.15) is 13.2 Å². The minimum Gasteiger partial charge on any atom is -0.396 e. The normalized spacial score (nSPS) is 11.4. The fourth-order valence-corrected chi connectivity index (χ4v) is 1.42. The van der Waals surface area contributed by atoms with E-state index in [1.165, 1.54) is 12.1 Å². The Labute approximate surface area is 107 Å². The highest BCUT2D eigenvalue weighted by atomic mass is 19.4. The lowest BCUT2D eigenvalue weighted by molar-refractivity contribution is -0.135. The lowest BCUT2D eigenvalue weighted by Crippen LogP contribution is -2.24. The number of hydrogen-bond donors (Lipinski definition) is 2. The lowest BCUT2D eigenvalue weighted by atomic mass is 10.2. The molecule has 106 valence electrons. The van der Waals surface area contributed by atoms with Crippen molar-refractivity contribution in [1.82, 2.24) is 5.32 Å². The molecule has 0 unspecified atom stereocenters. The zero-order valence-corrected chi connectivity index (χ0v) is 10.1. The van der Waals surface area contributed by atoms with Gasteiger partial charge in [-0.1, -0.05) is 0 Å². The van der Waals surface area contributed by atoms with Gasteiger partial charge in [0.25, 0.3) is 5.91 Å². The number of nitrogens with two attached hydrogens (primary N) is 1. The van der Waals surface area contributed by atoms with Crippen molar-refractivity contribution in [2.75, 3.05) is 12.3 Å². The molecule has 19 heavy (non-hydrogen) atoms. The highest BCUT2D eigenvalue weighted by Crippen LogP contribution is 2.21. The van der Waals surface area contributed by atoms with E-state index in [4.69, 9.17) is 5.73 Å². The van der Waals surface area contributed by atoms with E-state index in [1.54, 1.807) is 0 Å². The Balaban J connectivity index is 2.33. The van der Waals surface area contributed by atoms with Crippen LogP contribution in [0.2, 0.25) is 0 Å². The van der Waals surface area contributed by atoms with E-state index in [-0.39, 0.29) is 30.6 Å². The van der Waals surface area contributed by atoms with Gasteiger partial charge in [0.05, 0.1) is 5.69 Å². The smallest absolute Gasteiger partial charge is 0.389 e. The molecule has 1 aromatic carbocycles. The van der Waals surface area contributed by atoms with Gasteiger partial charge >= 0.3 is 6.18 Å². The minimum absolute atomic E-state index is 0.0557. The first-order valence-electron chi connectivity index (χ1n) is 5.69. The molecule has 0 fully saturated rings. The third-order valence-corrected chi connectivity index (χ3v) is 2.44. The van der Waals surface area contributed by atoms with Crippen molar-refractivity contribution >= 4 is 11.6 Å². The molecule has 0 saturated carbocycles. The van der Waals surface area contributed by atoms with E-state index in [2.05, 4.69) is 5.32 Å². The number of amides is 1. The number of hydrogen-bond acceptors (Lipinski definition) is 2. The van der Waals surface area contributed by atoms with Crippen LogP contribution in [0.1, 0.15) is 29.6 Å². The number of anilines is 1. The summed E-state index contributed by atoms with van der Waals surface area (Å²) in [6.07, 6.45) is -4.90. The third-order valence-electron chi connectivity index (χ3n) is 2.44. The van der Waals surface area contributed by atoms with Gasteiger partial charge in [-0.05, 0) is 31.0 Å².